The van der Waals surface area contributed by atoms with Gasteiger partial charge in [0, 0.05) is 0 Å². The molecule has 1 aliphatic carbocycles. The molecule has 0 atom stereocenters. The molecule has 0 saturated heterocycles. The van der Waals surface area contributed by atoms with Crippen LogP contribution in [0.25, 0.3) is 0 Å². The summed E-state index contributed by atoms with van der Waals surface area (Å²) in [4.78, 5) is 13.5. The zero-order valence-corrected chi connectivity index (χ0v) is 13.7. The van der Waals surface area contributed by atoms with E-state index in [4.69, 9.17) is 10.9 Å². The summed E-state index contributed by atoms with van der Waals surface area (Å²) in [5, 5.41) is 8.29. The molecule has 18 heavy (non-hydrogen) atoms. The largest absolute Gasteiger partial charge is 1.00 e. The topological polar surface area (TPSA) is 96.9 Å². The van der Waals surface area contributed by atoms with Crippen LogP contribution < -0.4 is 40.8 Å². The van der Waals surface area contributed by atoms with Gasteiger partial charge in [0.05, 0.1) is 11.6 Å². The minimum absolute atomic E-state index is 0. The zero-order valence-electron chi connectivity index (χ0n) is 11.7. The van der Waals surface area contributed by atoms with E-state index in [-0.39, 0.29) is 41.1 Å². The molecule has 0 aliphatic heterocycles. The van der Waals surface area contributed by atoms with Crippen molar-refractivity contribution in [2.75, 3.05) is 0 Å². The van der Waals surface area contributed by atoms with Crippen molar-refractivity contribution < 1.29 is 44.3 Å². The van der Waals surface area contributed by atoms with E-state index in [1.165, 1.54) is 19.3 Å². The van der Waals surface area contributed by atoms with Crippen LogP contribution in [0.3, 0.4) is 0 Å². The van der Waals surface area contributed by atoms with Gasteiger partial charge in [0.15, 0.2) is 0 Å². The molecule has 0 bridgehead atoms. The summed E-state index contributed by atoms with van der Waals surface area (Å²) in [5.74, 6) is 0.131. The maximum Gasteiger partial charge on any atom is 1.00 e. The Balaban J connectivity index is 0. The number of guanidine groups is 1. The second-order valence-corrected chi connectivity index (χ2v) is 4.86. The molecule has 1 aliphatic rings. The minimum Gasteiger partial charge on any atom is -0.649 e. The maximum absolute atomic E-state index is 9.47. The van der Waals surface area contributed by atoms with Crippen LogP contribution in [0.15, 0.2) is 4.99 Å². The second kappa shape index (κ2) is 10.6. The van der Waals surface area contributed by atoms with Crippen LogP contribution in [-0.2, 0) is 9.53 Å². The summed E-state index contributed by atoms with van der Waals surface area (Å²) in [7, 11) is 0. The molecular weight excluding hydrogens is 245 g/mol. The first-order valence-corrected chi connectivity index (χ1v) is 5.67. The third kappa shape index (κ3) is 12.2. The Labute approximate surface area is 131 Å². The van der Waals surface area contributed by atoms with Gasteiger partial charge in [-0.15, -0.1) is 0 Å². The Morgan fingerprint density at radius 3 is 2.22 bits per heavy atom. The van der Waals surface area contributed by atoms with Crippen LogP contribution in [0.5, 0.6) is 0 Å². The number of nitrogens with two attached hydrogens (primary N) is 1. The SMILES string of the molecule is CC(C)(C)O[C-]=O.NC(=NC1CCCC1)NO.[Na+]. The fourth-order valence-corrected chi connectivity index (χ4v) is 1.38. The Kier molecular flexibility index (Phi) is 11.8. The molecule has 0 aromatic rings. The van der Waals surface area contributed by atoms with Gasteiger partial charge in [-0.2, -0.15) is 0 Å². The van der Waals surface area contributed by atoms with Crippen LogP contribution in [0.2, 0.25) is 0 Å². The molecule has 0 aromatic heterocycles. The van der Waals surface area contributed by atoms with Crippen molar-refractivity contribution in [2.45, 2.75) is 58.1 Å². The van der Waals surface area contributed by atoms with Crippen molar-refractivity contribution in [1.82, 2.24) is 5.48 Å². The van der Waals surface area contributed by atoms with Gasteiger partial charge in [0.1, 0.15) is 0 Å². The van der Waals surface area contributed by atoms with Gasteiger partial charge in [-0.3, -0.25) is 5.21 Å². The number of ether oxygens (including phenoxy) is 1. The normalized spacial score (nSPS) is 16.1. The van der Waals surface area contributed by atoms with Crippen molar-refractivity contribution in [3.63, 3.8) is 0 Å². The predicted molar refractivity (Wildman–Crippen MR) is 65.3 cm³/mol. The summed E-state index contributed by atoms with van der Waals surface area (Å²) >= 11 is 0. The van der Waals surface area contributed by atoms with Crippen LogP contribution >= 0.6 is 0 Å². The molecule has 0 aromatic carbocycles. The smallest absolute Gasteiger partial charge is 0.649 e. The van der Waals surface area contributed by atoms with Crippen LogP contribution in [0.4, 0.5) is 0 Å². The van der Waals surface area contributed by atoms with Gasteiger partial charge in [-0.25, -0.2) is 10.5 Å². The Hall–Kier alpha value is -0.300. The van der Waals surface area contributed by atoms with Gasteiger partial charge in [-0.05, 0) is 33.6 Å². The van der Waals surface area contributed by atoms with Gasteiger partial charge in [-0.1, -0.05) is 19.3 Å². The van der Waals surface area contributed by atoms with E-state index < -0.39 is 0 Å². The summed E-state index contributed by atoms with van der Waals surface area (Å²) in [6.07, 6.45) is 4.66. The van der Waals surface area contributed by atoms with E-state index in [0.29, 0.717) is 6.04 Å². The standard InChI is InChI=1S/C6H13N3O.C5H9O2.Na/c7-6(9-10)8-5-3-1-2-4-5;1-5(2,3)7-4-6;/h5,10H,1-4H2,(H3,7,8,9);1-3H3;/q;-1;+1. The van der Waals surface area contributed by atoms with Crippen molar-refractivity contribution in [3.05, 3.63) is 0 Å². The average Bonchev–Trinajstić information content (AvgIpc) is 2.69. The Morgan fingerprint density at radius 1 is 1.44 bits per heavy atom. The van der Waals surface area contributed by atoms with Crippen molar-refractivity contribution in [2.24, 2.45) is 10.7 Å². The minimum atomic E-state index is -0.373. The number of carbonyl (C=O) groups excluding carboxylic acids is 1. The summed E-state index contributed by atoms with van der Waals surface area (Å²) < 4.78 is 4.42. The Bertz CT molecular complexity index is 248. The van der Waals surface area contributed by atoms with Gasteiger partial charge >= 0.3 is 29.6 Å². The van der Waals surface area contributed by atoms with E-state index in [2.05, 4.69) is 9.73 Å². The molecule has 0 unspecified atom stereocenters. The fraction of sp³-hybridized carbons (Fsp3) is 0.818. The van der Waals surface area contributed by atoms with Crippen LogP contribution in [-0.4, -0.2) is 29.3 Å². The number of hydrogen-bond donors (Lipinski definition) is 3. The van der Waals surface area contributed by atoms with Crippen molar-refractivity contribution in [3.8, 4) is 0 Å². The fourth-order valence-electron chi connectivity index (χ4n) is 1.38. The number of aliphatic imine (C=N–C) groups is 1. The van der Waals surface area contributed by atoms with Gasteiger partial charge in [0.25, 0.3) is 0 Å². The average molecular weight is 267 g/mol. The van der Waals surface area contributed by atoms with E-state index in [9.17, 15) is 4.79 Å². The summed E-state index contributed by atoms with van der Waals surface area (Å²) in [5.41, 5.74) is 6.69. The van der Waals surface area contributed by atoms with Crippen LogP contribution in [0.1, 0.15) is 46.5 Å². The van der Waals surface area contributed by atoms with E-state index in [0.717, 1.165) is 12.8 Å². The summed E-state index contributed by atoms with van der Waals surface area (Å²) in [6.45, 7) is 6.73. The Morgan fingerprint density at radius 2 is 1.94 bits per heavy atom. The molecule has 1 rings (SSSR count). The number of hydroxylamine groups is 1. The van der Waals surface area contributed by atoms with E-state index >= 15 is 0 Å². The molecule has 0 radical (unpaired) electrons. The van der Waals surface area contributed by atoms with Crippen molar-refractivity contribution >= 4 is 12.4 Å². The molecule has 1 saturated carbocycles. The molecule has 0 amide bonds. The molecule has 0 heterocycles. The molecule has 6 nitrogen and oxygen atoms in total. The zero-order chi connectivity index (χ0) is 13.3. The number of nitrogens with zero attached hydrogens (tertiary/aromatic N) is 1. The quantitative estimate of drug-likeness (QED) is 0.178. The molecule has 1 fully saturated rings. The monoisotopic (exact) mass is 267 g/mol. The first-order chi connectivity index (χ1) is 7.89. The number of hydrogen-bond acceptors (Lipinski definition) is 4. The number of rotatable bonds is 2. The van der Waals surface area contributed by atoms with Crippen LogP contribution in [0, 0.1) is 0 Å². The number of nitrogens with one attached hydrogen (secondary N) is 1. The second-order valence-electron chi connectivity index (χ2n) is 4.86. The van der Waals surface area contributed by atoms with Gasteiger partial charge in [0.2, 0.25) is 5.96 Å². The summed E-state index contributed by atoms with van der Waals surface area (Å²) in [6, 6.07) is 0.333. The third-order valence-electron chi connectivity index (χ3n) is 2.11. The first-order valence-electron chi connectivity index (χ1n) is 5.67. The third-order valence-corrected chi connectivity index (χ3v) is 2.11. The van der Waals surface area contributed by atoms with Gasteiger partial charge < -0.3 is 15.3 Å². The van der Waals surface area contributed by atoms with Crippen molar-refractivity contribution in [1.29, 1.82) is 0 Å². The predicted octanol–water partition coefficient (Wildman–Crippen LogP) is -1.90. The van der Waals surface area contributed by atoms with E-state index in [1.54, 1.807) is 20.8 Å². The maximum atomic E-state index is 9.47. The molecule has 0 spiro atoms. The first kappa shape index (κ1) is 20.0. The van der Waals surface area contributed by atoms with E-state index in [1.807, 2.05) is 5.48 Å². The molecule has 7 heteroatoms. The molecule has 100 valence electrons. The molecular formula is C11H22N3NaO3. The molecule has 4 N–H and O–H groups in total.